The lowest BCUT2D eigenvalue weighted by Gasteiger charge is -2.35. The monoisotopic (exact) mass is 506 g/mol. The van der Waals surface area contributed by atoms with E-state index in [4.69, 9.17) is 4.98 Å². The Balaban J connectivity index is 1.75. The van der Waals surface area contributed by atoms with Gasteiger partial charge in [0, 0.05) is 29.3 Å². The molecule has 0 spiro atoms. The van der Waals surface area contributed by atoms with Gasteiger partial charge in [0.2, 0.25) is 0 Å². The van der Waals surface area contributed by atoms with Gasteiger partial charge in [0.15, 0.2) is 5.78 Å². The van der Waals surface area contributed by atoms with Crippen molar-refractivity contribution in [2.75, 3.05) is 0 Å². The third-order valence-corrected chi connectivity index (χ3v) is 7.77. The summed E-state index contributed by atoms with van der Waals surface area (Å²) < 4.78 is 43.7. The maximum atomic E-state index is 14.0. The molecule has 0 aliphatic heterocycles. The summed E-state index contributed by atoms with van der Waals surface area (Å²) in [5, 5.41) is 11.3. The van der Waals surface area contributed by atoms with Crippen LogP contribution in [0.25, 0.3) is 11.0 Å². The number of rotatable bonds is 9. The van der Waals surface area contributed by atoms with Crippen LogP contribution >= 0.6 is 11.3 Å². The van der Waals surface area contributed by atoms with Crippen molar-refractivity contribution in [1.29, 1.82) is 0 Å². The van der Waals surface area contributed by atoms with Crippen LogP contribution in [-0.2, 0) is 11.2 Å². The van der Waals surface area contributed by atoms with Gasteiger partial charge < -0.3 is 9.67 Å². The van der Waals surface area contributed by atoms with Gasteiger partial charge in [-0.05, 0) is 48.9 Å². The van der Waals surface area contributed by atoms with E-state index in [1.807, 2.05) is 24.4 Å². The van der Waals surface area contributed by atoms with Gasteiger partial charge in [-0.3, -0.25) is 9.59 Å². The average Bonchev–Trinajstić information content (AvgIpc) is 3.45. The maximum Gasteiger partial charge on any atom is 0.393 e. The first-order chi connectivity index (χ1) is 16.7. The van der Waals surface area contributed by atoms with Crippen LogP contribution in [0.5, 0.6) is 0 Å². The van der Waals surface area contributed by atoms with E-state index in [9.17, 15) is 27.9 Å². The molecule has 1 aliphatic carbocycles. The summed E-state index contributed by atoms with van der Waals surface area (Å²) in [6.07, 6.45) is -1.16. The van der Waals surface area contributed by atoms with E-state index in [2.05, 4.69) is 0 Å². The Labute approximate surface area is 206 Å². The van der Waals surface area contributed by atoms with Crippen LogP contribution in [-0.4, -0.2) is 32.6 Å². The fourth-order valence-electron chi connectivity index (χ4n) is 5.19. The standard InChI is InChI=1S/C26H29F3N2O3S/c1-2-6-17(25(33)34)14-23(32)16-10-11-22-20(13-16)30-24(15-18-7-5-12-35-18)31(22)21-9-4-3-8-19(21)26(27,28)29/h5,7,10-13,17,19,21H,2-4,6,8-9,14-15H2,1H3,(H,33,34)/t17-,19?,21?/m1/s1. The molecule has 1 fully saturated rings. The SMILES string of the molecule is CCC[C@H](CC(=O)c1ccc2c(c1)nc(Cc1cccs1)n2C1CCCCC1C(F)(F)F)C(=O)O. The number of aliphatic carboxylic acids is 1. The van der Waals surface area contributed by atoms with Crippen molar-refractivity contribution in [3.63, 3.8) is 0 Å². The highest BCUT2D eigenvalue weighted by molar-refractivity contribution is 7.09. The highest BCUT2D eigenvalue weighted by Gasteiger charge is 2.47. The zero-order chi connectivity index (χ0) is 25.2. The molecule has 4 rings (SSSR count). The van der Waals surface area contributed by atoms with Gasteiger partial charge in [-0.25, -0.2) is 4.98 Å². The Bertz CT molecular complexity index is 1190. The number of imidazole rings is 1. The van der Waals surface area contributed by atoms with Gasteiger partial charge in [-0.1, -0.05) is 32.3 Å². The van der Waals surface area contributed by atoms with E-state index in [1.54, 1.807) is 22.8 Å². The number of thiophene rings is 1. The normalized spacial score (nSPS) is 19.7. The molecule has 188 valence electrons. The molecular weight excluding hydrogens is 477 g/mol. The van der Waals surface area contributed by atoms with Crippen molar-refractivity contribution < 1.29 is 27.9 Å². The third-order valence-electron chi connectivity index (χ3n) is 6.90. The van der Waals surface area contributed by atoms with Gasteiger partial charge >= 0.3 is 12.1 Å². The van der Waals surface area contributed by atoms with Crippen LogP contribution in [0.2, 0.25) is 0 Å². The molecular formula is C26H29F3N2O3S. The quantitative estimate of drug-likeness (QED) is 0.316. The first-order valence-electron chi connectivity index (χ1n) is 12.0. The maximum absolute atomic E-state index is 14.0. The van der Waals surface area contributed by atoms with E-state index in [0.717, 1.165) is 11.3 Å². The number of alkyl halides is 3. The number of ketones is 1. The molecule has 2 unspecified atom stereocenters. The molecule has 9 heteroatoms. The molecule has 35 heavy (non-hydrogen) atoms. The number of Topliss-reactive ketones (excluding diaryl/α,β-unsaturated/α-hetero) is 1. The van der Waals surface area contributed by atoms with E-state index in [1.165, 1.54) is 11.3 Å². The van der Waals surface area contributed by atoms with Crippen LogP contribution in [0.4, 0.5) is 13.2 Å². The lowest BCUT2D eigenvalue weighted by molar-refractivity contribution is -0.193. The fourth-order valence-corrected chi connectivity index (χ4v) is 5.89. The number of aromatic nitrogens is 2. The first kappa shape index (κ1) is 25.4. The summed E-state index contributed by atoms with van der Waals surface area (Å²) in [6.45, 7) is 1.87. The minimum absolute atomic E-state index is 0.0941. The number of fused-ring (bicyclic) bond motifs is 1. The number of hydrogen-bond donors (Lipinski definition) is 1. The highest BCUT2D eigenvalue weighted by atomic mass is 32.1. The van der Waals surface area contributed by atoms with E-state index in [-0.39, 0.29) is 18.6 Å². The molecule has 0 amide bonds. The predicted molar refractivity (Wildman–Crippen MR) is 129 cm³/mol. The van der Waals surface area contributed by atoms with Gasteiger partial charge in [0.1, 0.15) is 5.82 Å². The molecule has 5 nitrogen and oxygen atoms in total. The number of carbonyl (C=O) groups is 2. The van der Waals surface area contributed by atoms with Crippen molar-refractivity contribution in [1.82, 2.24) is 9.55 Å². The van der Waals surface area contributed by atoms with Gasteiger partial charge in [-0.15, -0.1) is 11.3 Å². The second-order valence-electron chi connectivity index (χ2n) is 9.31. The summed E-state index contributed by atoms with van der Waals surface area (Å²) in [6, 6.07) is 7.95. The van der Waals surface area contributed by atoms with Crippen LogP contribution in [0.1, 0.15) is 79.0 Å². The summed E-state index contributed by atoms with van der Waals surface area (Å²) in [5.41, 5.74) is 1.39. The summed E-state index contributed by atoms with van der Waals surface area (Å²) in [5.74, 6) is -2.94. The smallest absolute Gasteiger partial charge is 0.393 e. The minimum atomic E-state index is -4.30. The predicted octanol–water partition coefficient (Wildman–Crippen LogP) is 7.06. The summed E-state index contributed by atoms with van der Waals surface area (Å²) in [7, 11) is 0. The zero-order valence-corrected chi connectivity index (χ0v) is 20.4. The number of carbonyl (C=O) groups excluding carboxylic acids is 1. The van der Waals surface area contributed by atoms with Crippen LogP contribution < -0.4 is 0 Å². The molecule has 0 saturated heterocycles. The first-order valence-corrected chi connectivity index (χ1v) is 12.9. The second kappa shape index (κ2) is 10.5. The van der Waals surface area contributed by atoms with Crippen molar-refractivity contribution in [2.24, 2.45) is 11.8 Å². The van der Waals surface area contributed by atoms with Crippen molar-refractivity contribution >= 4 is 34.1 Å². The van der Waals surface area contributed by atoms with Crippen molar-refractivity contribution in [2.45, 2.75) is 70.5 Å². The molecule has 0 radical (unpaired) electrons. The molecule has 1 aliphatic rings. The Morgan fingerprint density at radius 3 is 2.66 bits per heavy atom. The Morgan fingerprint density at radius 2 is 2.00 bits per heavy atom. The number of halogens is 3. The minimum Gasteiger partial charge on any atom is -0.481 e. The van der Waals surface area contributed by atoms with Gasteiger partial charge in [0.05, 0.1) is 22.9 Å². The fraction of sp³-hybridized carbons (Fsp3) is 0.500. The van der Waals surface area contributed by atoms with Crippen molar-refractivity contribution in [3.8, 4) is 0 Å². The number of nitrogens with zero attached hydrogens (tertiary/aromatic N) is 2. The topological polar surface area (TPSA) is 72.2 Å². The van der Waals surface area contributed by atoms with Crippen LogP contribution in [0, 0.1) is 11.8 Å². The molecule has 2 aromatic heterocycles. The number of carboxylic acid groups (broad SMARTS) is 1. The molecule has 2 heterocycles. The summed E-state index contributed by atoms with van der Waals surface area (Å²) >= 11 is 1.53. The number of benzene rings is 1. The zero-order valence-electron chi connectivity index (χ0n) is 19.6. The molecule has 3 atom stereocenters. The van der Waals surface area contributed by atoms with Crippen molar-refractivity contribution in [3.05, 3.63) is 52.0 Å². The number of carboxylic acids is 1. The molecule has 1 N–H and O–H groups in total. The number of hydrogen-bond acceptors (Lipinski definition) is 4. The Morgan fingerprint density at radius 1 is 1.23 bits per heavy atom. The van der Waals surface area contributed by atoms with E-state index >= 15 is 0 Å². The Kier molecular flexibility index (Phi) is 7.64. The second-order valence-corrected chi connectivity index (χ2v) is 10.3. The van der Waals surface area contributed by atoms with Crippen LogP contribution in [0.15, 0.2) is 35.7 Å². The molecule has 3 aromatic rings. The van der Waals surface area contributed by atoms with E-state index < -0.39 is 30.0 Å². The van der Waals surface area contributed by atoms with Crippen LogP contribution in [0.3, 0.4) is 0 Å². The molecule has 1 saturated carbocycles. The molecule has 1 aromatic carbocycles. The lowest BCUT2D eigenvalue weighted by Crippen LogP contribution is -2.35. The van der Waals surface area contributed by atoms with Gasteiger partial charge in [-0.2, -0.15) is 13.2 Å². The third kappa shape index (κ3) is 5.60. The Hall–Kier alpha value is -2.68. The highest BCUT2D eigenvalue weighted by Crippen LogP contribution is 2.45. The largest absolute Gasteiger partial charge is 0.481 e. The van der Waals surface area contributed by atoms with Gasteiger partial charge in [0.25, 0.3) is 0 Å². The molecule has 0 bridgehead atoms. The average molecular weight is 507 g/mol. The van der Waals surface area contributed by atoms with E-state index in [0.29, 0.717) is 54.5 Å². The summed E-state index contributed by atoms with van der Waals surface area (Å²) in [4.78, 5) is 30.1. The lowest BCUT2D eigenvalue weighted by atomic mass is 9.83.